The lowest BCUT2D eigenvalue weighted by molar-refractivity contribution is -0.274. The van der Waals surface area contributed by atoms with Crippen LogP contribution < -0.4 is 10.1 Å². The molecule has 10 heteroatoms. The number of rotatable bonds is 3. The molecule has 1 aromatic heterocycles. The Morgan fingerprint density at radius 3 is 2.69 bits per heavy atom. The monoisotopic (exact) mass is 386 g/mol. The minimum Gasteiger partial charge on any atom is -0.493 e. The van der Waals surface area contributed by atoms with E-state index in [2.05, 4.69) is 25.3 Å². The zero-order valence-corrected chi connectivity index (χ0v) is 14.5. The molecule has 1 fully saturated rings. The molecule has 0 atom stereocenters. The highest BCUT2D eigenvalue weighted by Gasteiger charge is 2.31. The van der Waals surface area contributed by atoms with Gasteiger partial charge >= 0.3 is 6.36 Å². The van der Waals surface area contributed by atoms with Crippen LogP contribution in [-0.4, -0.2) is 27.6 Å². The number of ether oxygens (including phenoxy) is 1. The SMILES string of the molecule is Oc1[nH]c2ccc(OC(F)(F)F)cc2c1N=NC(=S)NC1CCCCC1. The van der Waals surface area contributed by atoms with Crippen LogP contribution in [0.5, 0.6) is 11.6 Å². The number of azo groups is 1. The topological polar surface area (TPSA) is 82.0 Å². The number of benzene rings is 1. The number of alkyl halides is 3. The molecule has 1 aliphatic carbocycles. The first-order valence-corrected chi connectivity index (χ1v) is 8.55. The fraction of sp³-hybridized carbons (Fsp3) is 0.438. The first-order chi connectivity index (χ1) is 12.3. The van der Waals surface area contributed by atoms with Crippen molar-refractivity contribution >= 4 is 33.9 Å². The largest absolute Gasteiger partial charge is 0.573 e. The summed E-state index contributed by atoms with van der Waals surface area (Å²) in [5.74, 6) is -0.725. The zero-order chi connectivity index (χ0) is 18.7. The normalized spacial score (nSPS) is 16.3. The average Bonchev–Trinajstić information content (AvgIpc) is 2.87. The predicted octanol–water partition coefficient (Wildman–Crippen LogP) is 5.06. The van der Waals surface area contributed by atoms with Gasteiger partial charge in [0.15, 0.2) is 5.69 Å². The first kappa shape index (κ1) is 18.4. The number of fused-ring (bicyclic) bond motifs is 1. The molecule has 0 amide bonds. The minimum atomic E-state index is -4.81. The Hall–Kier alpha value is -2.36. The van der Waals surface area contributed by atoms with Gasteiger partial charge in [-0.25, -0.2) is 0 Å². The summed E-state index contributed by atoms with van der Waals surface area (Å²) >= 11 is 5.13. The number of nitrogens with zero attached hydrogens (tertiary/aromatic N) is 2. The molecule has 0 unspecified atom stereocenters. The Balaban J connectivity index is 1.78. The quantitative estimate of drug-likeness (QED) is 0.508. The van der Waals surface area contributed by atoms with Gasteiger partial charge < -0.3 is 20.1 Å². The average molecular weight is 386 g/mol. The lowest BCUT2D eigenvalue weighted by Gasteiger charge is -2.22. The Morgan fingerprint density at radius 2 is 2.00 bits per heavy atom. The Kier molecular flexibility index (Phi) is 5.30. The second-order valence-corrected chi connectivity index (χ2v) is 6.45. The van der Waals surface area contributed by atoms with E-state index in [1.165, 1.54) is 12.5 Å². The number of aromatic amines is 1. The van der Waals surface area contributed by atoms with Crippen LogP contribution in [0.4, 0.5) is 18.9 Å². The summed E-state index contributed by atoms with van der Waals surface area (Å²) < 4.78 is 41.0. The summed E-state index contributed by atoms with van der Waals surface area (Å²) in [7, 11) is 0. The van der Waals surface area contributed by atoms with E-state index < -0.39 is 12.1 Å². The number of halogens is 3. The van der Waals surface area contributed by atoms with Gasteiger partial charge in [0, 0.05) is 11.4 Å². The van der Waals surface area contributed by atoms with Gasteiger partial charge in [-0.05, 0) is 43.3 Å². The second-order valence-electron chi connectivity index (χ2n) is 6.06. The zero-order valence-electron chi connectivity index (χ0n) is 13.6. The summed E-state index contributed by atoms with van der Waals surface area (Å²) in [4.78, 5) is 2.62. The fourth-order valence-electron chi connectivity index (χ4n) is 2.99. The lowest BCUT2D eigenvalue weighted by atomic mass is 9.96. The standard InChI is InChI=1S/C16H17F3N4O2S/c17-16(18,19)25-10-6-7-12-11(8-10)13(14(24)21-12)22-23-15(26)20-9-4-2-1-3-5-9/h6-9,21,24H,1-5H2,(H,20,26). The Morgan fingerprint density at radius 1 is 1.27 bits per heavy atom. The highest BCUT2D eigenvalue weighted by Crippen LogP contribution is 2.38. The maximum atomic E-state index is 12.4. The van der Waals surface area contributed by atoms with Crippen molar-refractivity contribution in [2.75, 3.05) is 0 Å². The summed E-state index contributed by atoms with van der Waals surface area (Å²) in [6.45, 7) is 0. The third-order valence-electron chi connectivity index (χ3n) is 4.13. The van der Waals surface area contributed by atoms with Gasteiger partial charge in [0.25, 0.3) is 0 Å². The second kappa shape index (κ2) is 7.48. The molecular formula is C16H17F3N4O2S. The highest BCUT2D eigenvalue weighted by atomic mass is 32.1. The number of aromatic nitrogens is 1. The number of hydrogen-bond acceptors (Lipinski definition) is 4. The van der Waals surface area contributed by atoms with Crippen LogP contribution >= 0.6 is 12.2 Å². The molecule has 2 aromatic rings. The van der Waals surface area contributed by atoms with Crippen molar-refractivity contribution in [3.8, 4) is 11.6 Å². The van der Waals surface area contributed by atoms with Gasteiger partial charge in [0.05, 0.1) is 5.52 Å². The van der Waals surface area contributed by atoms with E-state index in [9.17, 15) is 18.3 Å². The van der Waals surface area contributed by atoms with Gasteiger partial charge in [0.1, 0.15) is 5.75 Å². The van der Waals surface area contributed by atoms with E-state index >= 15 is 0 Å². The molecule has 26 heavy (non-hydrogen) atoms. The van der Waals surface area contributed by atoms with E-state index in [4.69, 9.17) is 12.2 Å². The summed E-state index contributed by atoms with van der Waals surface area (Å²) in [6.07, 6.45) is 0.667. The molecule has 140 valence electrons. The molecule has 6 nitrogen and oxygen atoms in total. The number of nitrogens with one attached hydrogen (secondary N) is 2. The maximum Gasteiger partial charge on any atom is 0.573 e. The molecule has 0 saturated heterocycles. The van der Waals surface area contributed by atoms with Crippen molar-refractivity contribution in [2.24, 2.45) is 10.2 Å². The molecule has 1 aliphatic rings. The maximum absolute atomic E-state index is 12.4. The highest BCUT2D eigenvalue weighted by molar-refractivity contribution is 7.80. The molecule has 1 heterocycles. The third-order valence-corrected chi connectivity index (χ3v) is 4.33. The predicted molar refractivity (Wildman–Crippen MR) is 93.8 cm³/mol. The molecule has 1 aromatic carbocycles. The molecule has 3 N–H and O–H groups in total. The Bertz CT molecular complexity index is 829. The van der Waals surface area contributed by atoms with Crippen LogP contribution in [0.3, 0.4) is 0 Å². The van der Waals surface area contributed by atoms with E-state index in [1.54, 1.807) is 0 Å². The summed E-state index contributed by atoms with van der Waals surface area (Å²) in [6, 6.07) is 3.87. The van der Waals surface area contributed by atoms with Crippen LogP contribution in [0.15, 0.2) is 28.4 Å². The lowest BCUT2D eigenvalue weighted by Crippen LogP contribution is -2.33. The van der Waals surface area contributed by atoms with Crippen molar-refractivity contribution in [3.05, 3.63) is 18.2 Å². The van der Waals surface area contributed by atoms with Crippen LogP contribution in [0.2, 0.25) is 0 Å². The molecule has 0 aliphatic heterocycles. The number of aromatic hydroxyl groups is 1. The Labute approximate surface area is 152 Å². The van der Waals surface area contributed by atoms with Gasteiger partial charge in [-0.3, -0.25) is 0 Å². The number of thiocarbonyl (C=S) groups is 1. The van der Waals surface area contributed by atoms with Crippen LogP contribution in [0.1, 0.15) is 32.1 Å². The molecule has 0 bridgehead atoms. The minimum absolute atomic E-state index is 0.000388. The van der Waals surface area contributed by atoms with Gasteiger partial charge in [-0.2, -0.15) is 0 Å². The van der Waals surface area contributed by atoms with Crippen LogP contribution in [-0.2, 0) is 0 Å². The van der Waals surface area contributed by atoms with Gasteiger partial charge in [-0.15, -0.1) is 23.4 Å². The van der Waals surface area contributed by atoms with E-state index in [1.807, 2.05) is 0 Å². The third kappa shape index (κ3) is 4.63. The molecular weight excluding hydrogens is 369 g/mol. The molecule has 0 spiro atoms. The molecule has 0 radical (unpaired) electrons. The summed E-state index contributed by atoms with van der Waals surface area (Å²) in [5.41, 5.74) is 0.401. The van der Waals surface area contributed by atoms with Crippen molar-refractivity contribution in [1.29, 1.82) is 0 Å². The van der Waals surface area contributed by atoms with E-state index in [-0.39, 0.29) is 28.1 Å². The van der Waals surface area contributed by atoms with Crippen molar-refractivity contribution in [2.45, 2.75) is 44.5 Å². The number of H-pyrrole nitrogens is 1. The van der Waals surface area contributed by atoms with Gasteiger partial charge in [-0.1, -0.05) is 19.3 Å². The first-order valence-electron chi connectivity index (χ1n) is 8.14. The summed E-state index contributed by atoms with van der Waals surface area (Å²) in [5, 5.41) is 21.2. The van der Waals surface area contributed by atoms with Gasteiger partial charge in [0.2, 0.25) is 11.0 Å². The van der Waals surface area contributed by atoms with Crippen molar-refractivity contribution in [1.82, 2.24) is 10.3 Å². The fourth-order valence-corrected chi connectivity index (χ4v) is 3.19. The van der Waals surface area contributed by atoms with Crippen molar-refractivity contribution in [3.63, 3.8) is 0 Å². The molecule has 3 rings (SSSR count). The van der Waals surface area contributed by atoms with E-state index in [0.717, 1.165) is 37.8 Å². The van der Waals surface area contributed by atoms with Crippen LogP contribution in [0.25, 0.3) is 10.9 Å². The number of hydrogen-bond donors (Lipinski definition) is 3. The smallest absolute Gasteiger partial charge is 0.493 e. The molecule has 1 saturated carbocycles. The van der Waals surface area contributed by atoms with E-state index in [0.29, 0.717) is 5.52 Å². The van der Waals surface area contributed by atoms with Crippen molar-refractivity contribution < 1.29 is 23.0 Å². The van der Waals surface area contributed by atoms with Crippen LogP contribution in [0, 0.1) is 0 Å².